The summed E-state index contributed by atoms with van der Waals surface area (Å²) in [6, 6.07) is 9.48. The van der Waals surface area contributed by atoms with Crippen LogP contribution in [0.4, 0.5) is 5.82 Å². The summed E-state index contributed by atoms with van der Waals surface area (Å²) < 4.78 is 0. The van der Waals surface area contributed by atoms with Gasteiger partial charge in [-0.15, -0.1) is 0 Å². The first-order valence-corrected chi connectivity index (χ1v) is 10.7. The van der Waals surface area contributed by atoms with Crippen molar-refractivity contribution < 1.29 is 4.79 Å². The summed E-state index contributed by atoms with van der Waals surface area (Å²) in [5.74, 6) is 0.971. The van der Waals surface area contributed by atoms with Gasteiger partial charge in [0.25, 0.3) is 0 Å². The van der Waals surface area contributed by atoms with Crippen molar-refractivity contribution in [2.75, 3.05) is 24.5 Å². The number of nitrogens with two attached hydrogens (primary N) is 1. The predicted molar refractivity (Wildman–Crippen MR) is 119 cm³/mol. The third-order valence-corrected chi connectivity index (χ3v) is 6.42. The zero-order chi connectivity index (χ0) is 21.1. The molecule has 30 heavy (non-hydrogen) atoms. The third kappa shape index (κ3) is 4.27. The van der Waals surface area contributed by atoms with Gasteiger partial charge in [-0.1, -0.05) is 23.7 Å². The minimum absolute atomic E-state index is 0.0337. The summed E-state index contributed by atoms with van der Waals surface area (Å²) >= 11 is 5.95. The highest BCUT2D eigenvalue weighted by atomic mass is 35.5. The lowest BCUT2D eigenvalue weighted by atomic mass is 9.75. The van der Waals surface area contributed by atoms with Crippen molar-refractivity contribution in [2.24, 2.45) is 11.1 Å². The van der Waals surface area contributed by atoms with Crippen LogP contribution < -0.4 is 16.0 Å². The first-order chi connectivity index (χ1) is 14.5. The monoisotopic (exact) mass is 426 g/mol. The molecule has 7 nitrogen and oxygen atoms in total. The van der Waals surface area contributed by atoms with Crippen LogP contribution in [0.1, 0.15) is 37.8 Å². The van der Waals surface area contributed by atoms with Crippen molar-refractivity contribution in [1.82, 2.24) is 20.3 Å². The molecule has 0 radical (unpaired) electrons. The maximum absolute atomic E-state index is 12.8. The van der Waals surface area contributed by atoms with E-state index in [9.17, 15) is 4.79 Å². The molecule has 1 atom stereocenters. The van der Waals surface area contributed by atoms with Gasteiger partial charge in [0.1, 0.15) is 17.8 Å². The summed E-state index contributed by atoms with van der Waals surface area (Å²) in [5, 5.41) is 4.82. The predicted octanol–water partition coefficient (Wildman–Crippen LogP) is 3.42. The van der Waals surface area contributed by atoms with Crippen molar-refractivity contribution >= 4 is 34.4 Å². The molecule has 3 heterocycles. The topological polar surface area (TPSA) is 99.9 Å². The van der Waals surface area contributed by atoms with E-state index >= 15 is 0 Å². The highest BCUT2D eigenvalue weighted by Gasteiger charge is 2.36. The minimum atomic E-state index is -0.190. The number of amides is 1. The van der Waals surface area contributed by atoms with Gasteiger partial charge in [-0.05, 0) is 55.5 Å². The number of H-pyrrole nitrogens is 1. The first kappa shape index (κ1) is 20.6. The van der Waals surface area contributed by atoms with Gasteiger partial charge in [-0.3, -0.25) is 4.79 Å². The van der Waals surface area contributed by atoms with Gasteiger partial charge in [0.2, 0.25) is 5.91 Å². The number of carbonyl (C=O) groups excluding carboxylic acids is 1. The molecule has 8 heteroatoms. The van der Waals surface area contributed by atoms with Crippen LogP contribution in [0.15, 0.2) is 42.9 Å². The molecule has 0 bridgehead atoms. The standard InChI is InChI=1S/C22H27ClN6O/c1-15(16-2-4-17(23)5-3-16)28-19(30)12-22(13-24)7-10-29(11-8-22)21-18-6-9-25-20(18)26-14-27-21/h2-6,9,14-15H,7-8,10-13,24H2,1H3,(H,28,30)(H,25,26,27)/t15-/m0/s1. The highest BCUT2D eigenvalue weighted by molar-refractivity contribution is 6.30. The zero-order valence-corrected chi connectivity index (χ0v) is 17.8. The van der Waals surface area contributed by atoms with E-state index in [0.29, 0.717) is 18.0 Å². The Morgan fingerprint density at radius 2 is 2.00 bits per heavy atom. The molecule has 1 aromatic carbocycles. The molecule has 1 saturated heterocycles. The van der Waals surface area contributed by atoms with Gasteiger partial charge in [-0.2, -0.15) is 0 Å². The van der Waals surface area contributed by atoms with Crippen molar-refractivity contribution in [2.45, 2.75) is 32.2 Å². The Morgan fingerprint density at radius 1 is 1.27 bits per heavy atom. The van der Waals surface area contributed by atoms with Crippen molar-refractivity contribution in [3.8, 4) is 0 Å². The molecule has 0 unspecified atom stereocenters. The SMILES string of the molecule is C[C@H](NC(=O)CC1(CN)CCN(c2ncnc3[nH]ccc23)CC1)c1ccc(Cl)cc1. The summed E-state index contributed by atoms with van der Waals surface area (Å²) in [6.07, 6.45) is 5.59. The molecule has 1 fully saturated rings. The number of nitrogens with one attached hydrogen (secondary N) is 2. The van der Waals surface area contributed by atoms with E-state index in [4.69, 9.17) is 17.3 Å². The number of benzene rings is 1. The van der Waals surface area contributed by atoms with E-state index < -0.39 is 0 Å². The van der Waals surface area contributed by atoms with Crippen molar-refractivity contribution in [3.63, 3.8) is 0 Å². The lowest BCUT2D eigenvalue weighted by molar-refractivity contribution is -0.124. The number of carbonyl (C=O) groups is 1. The molecule has 4 N–H and O–H groups in total. The number of piperidine rings is 1. The second-order valence-corrected chi connectivity index (χ2v) is 8.58. The summed E-state index contributed by atoms with van der Waals surface area (Å²) in [4.78, 5) is 26.9. The van der Waals surface area contributed by atoms with Gasteiger partial charge < -0.3 is 20.9 Å². The van der Waals surface area contributed by atoms with E-state index in [1.165, 1.54) is 0 Å². The molecular weight excluding hydrogens is 400 g/mol. The fourth-order valence-corrected chi connectivity index (χ4v) is 4.35. The molecule has 1 amide bonds. The number of halogens is 1. The van der Waals surface area contributed by atoms with Gasteiger partial charge in [0.15, 0.2) is 0 Å². The number of nitrogens with zero attached hydrogens (tertiary/aromatic N) is 3. The summed E-state index contributed by atoms with van der Waals surface area (Å²) in [6.45, 7) is 4.10. The molecule has 3 aromatic rings. The molecule has 4 rings (SSSR count). The van der Waals surface area contributed by atoms with Gasteiger partial charge in [0.05, 0.1) is 11.4 Å². The van der Waals surface area contributed by atoms with Crippen LogP contribution in [0.25, 0.3) is 11.0 Å². The fourth-order valence-electron chi connectivity index (χ4n) is 4.22. The Labute approximate surface area is 181 Å². The molecule has 2 aromatic heterocycles. The number of anilines is 1. The maximum atomic E-state index is 12.8. The van der Waals surface area contributed by atoms with Crippen molar-refractivity contribution in [1.29, 1.82) is 0 Å². The lowest BCUT2D eigenvalue weighted by Crippen LogP contribution is -2.46. The van der Waals surface area contributed by atoms with Crippen LogP contribution in [0.2, 0.25) is 5.02 Å². The maximum Gasteiger partial charge on any atom is 0.221 e. The average Bonchev–Trinajstić information content (AvgIpc) is 3.23. The normalized spacial score (nSPS) is 17.1. The number of hydrogen-bond donors (Lipinski definition) is 3. The van der Waals surface area contributed by atoms with E-state index in [1.54, 1.807) is 6.33 Å². The summed E-state index contributed by atoms with van der Waals surface area (Å²) in [5.41, 5.74) is 7.84. The quantitative estimate of drug-likeness (QED) is 0.560. The Kier molecular flexibility index (Phi) is 5.92. The number of hydrogen-bond acceptors (Lipinski definition) is 5. The highest BCUT2D eigenvalue weighted by Crippen LogP contribution is 2.36. The third-order valence-electron chi connectivity index (χ3n) is 6.17. The molecule has 0 aliphatic carbocycles. The Balaban J connectivity index is 1.38. The van der Waals surface area contributed by atoms with Crippen LogP contribution in [0.5, 0.6) is 0 Å². The number of aromatic amines is 1. The lowest BCUT2D eigenvalue weighted by Gasteiger charge is -2.41. The van der Waals surface area contributed by atoms with Gasteiger partial charge >= 0.3 is 0 Å². The number of rotatable bonds is 6. The van der Waals surface area contributed by atoms with Gasteiger partial charge in [-0.25, -0.2) is 9.97 Å². The Morgan fingerprint density at radius 3 is 2.70 bits per heavy atom. The van der Waals surface area contributed by atoms with E-state index in [-0.39, 0.29) is 17.4 Å². The molecule has 0 saturated carbocycles. The minimum Gasteiger partial charge on any atom is -0.356 e. The van der Waals surface area contributed by atoms with E-state index in [1.807, 2.05) is 43.5 Å². The number of aromatic nitrogens is 3. The molecule has 1 aliphatic heterocycles. The smallest absolute Gasteiger partial charge is 0.221 e. The fraction of sp³-hybridized carbons (Fsp3) is 0.409. The van der Waals surface area contributed by atoms with Crippen LogP contribution in [-0.4, -0.2) is 40.5 Å². The molecule has 158 valence electrons. The molecular formula is C22H27ClN6O. The second-order valence-electron chi connectivity index (χ2n) is 8.15. The average molecular weight is 427 g/mol. The molecule has 0 spiro atoms. The van der Waals surface area contributed by atoms with Crippen LogP contribution >= 0.6 is 11.6 Å². The Hall–Kier alpha value is -2.64. The first-order valence-electron chi connectivity index (χ1n) is 10.3. The summed E-state index contributed by atoms with van der Waals surface area (Å²) in [7, 11) is 0. The van der Waals surface area contributed by atoms with Crippen LogP contribution in [0.3, 0.4) is 0 Å². The van der Waals surface area contributed by atoms with E-state index in [2.05, 4.69) is 25.2 Å². The largest absolute Gasteiger partial charge is 0.356 e. The number of fused-ring (bicyclic) bond motifs is 1. The van der Waals surface area contributed by atoms with Crippen LogP contribution in [0, 0.1) is 5.41 Å². The molecule has 1 aliphatic rings. The van der Waals surface area contributed by atoms with E-state index in [0.717, 1.165) is 48.3 Å². The zero-order valence-electron chi connectivity index (χ0n) is 17.1. The van der Waals surface area contributed by atoms with Gasteiger partial charge in [0, 0.05) is 30.7 Å². The Bertz CT molecular complexity index is 1010. The van der Waals surface area contributed by atoms with Crippen LogP contribution in [-0.2, 0) is 4.79 Å². The second kappa shape index (κ2) is 8.62. The van der Waals surface area contributed by atoms with Crippen molar-refractivity contribution in [3.05, 3.63) is 53.4 Å².